The Labute approximate surface area is 104 Å². The summed E-state index contributed by atoms with van der Waals surface area (Å²) in [6, 6.07) is 0.282. The van der Waals surface area contributed by atoms with E-state index in [0.717, 1.165) is 13.1 Å². The Morgan fingerprint density at radius 3 is 2.53 bits per heavy atom. The quantitative estimate of drug-likeness (QED) is 0.741. The van der Waals surface area contributed by atoms with Crippen molar-refractivity contribution in [3.63, 3.8) is 0 Å². The minimum absolute atomic E-state index is 0. The summed E-state index contributed by atoms with van der Waals surface area (Å²) in [7, 11) is 1.44. The van der Waals surface area contributed by atoms with E-state index < -0.39 is 0 Å². The summed E-state index contributed by atoms with van der Waals surface area (Å²) < 4.78 is 4.75. The van der Waals surface area contributed by atoms with E-state index in [1.807, 2.05) is 0 Å². The minimum atomic E-state index is -0.138. The number of nitrogens with one attached hydrogen (secondary N) is 1. The highest BCUT2D eigenvalue weighted by Crippen LogP contribution is 2.09. The molecule has 0 amide bonds. The van der Waals surface area contributed by atoms with Gasteiger partial charge in [-0.1, -0.05) is 0 Å². The highest BCUT2D eigenvalue weighted by atomic mass is 35.5. The number of hydrogen-bond acceptors (Lipinski definition) is 4. The molecule has 1 unspecified atom stereocenters. The molecule has 1 fully saturated rings. The molecule has 1 saturated heterocycles. The summed E-state index contributed by atoms with van der Waals surface area (Å²) >= 11 is 0. The van der Waals surface area contributed by atoms with Crippen LogP contribution in [0.3, 0.4) is 0 Å². The molecule has 1 aliphatic heterocycles. The Hall–Kier alpha value is -0.0300. The van der Waals surface area contributed by atoms with Crippen molar-refractivity contribution < 1.29 is 9.53 Å². The van der Waals surface area contributed by atoms with Gasteiger partial charge in [-0.15, -0.1) is 24.8 Å². The summed E-state index contributed by atoms with van der Waals surface area (Å²) in [5.74, 6) is -0.138. The largest absolute Gasteiger partial charge is 0.468 e. The summed E-state index contributed by atoms with van der Waals surface area (Å²) in [5, 5.41) is 3.19. The van der Waals surface area contributed by atoms with Crippen molar-refractivity contribution in [3.8, 4) is 0 Å². The first-order chi connectivity index (χ1) is 6.16. The molecule has 15 heavy (non-hydrogen) atoms. The van der Waals surface area contributed by atoms with Crippen LogP contribution in [0.25, 0.3) is 0 Å². The van der Waals surface area contributed by atoms with Crippen LogP contribution in [0, 0.1) is 0 Å². The molecular weight excluding hydrogens is 239 g/mol. The number of ether oxygens (including phenoxy) is 1. The van der Waals surface area contributed by atoms with Crippen LogP contribution in [0.15, 0.2) is 0 Å². The van der Waals surface area contributed by atoms with E-state index >= 15 is 0 Å². The van der Waals surface area contributed by atoms with Crippen LogP contribution in [-0.2, 0) is 9.53 Å². The predicted molar refractivity (Wildman–Crippen MR) is 65.0 cm³/mol. The number of rotatable bonds is 2. The van der Waals surface area contributed by atoms with E-state index in [1.54, 1.807) is 0 Å². The van der Waals surface area contributed by atoms with Crippen LogP contribution in [-0.4, -0.2) is 49.7 Å². The first-order valence-corrected chi connectivity index (χ1v) is 4.71. The third kappa shape index (κ3) is 4.55. The van der Waals surface area contributed by atoms with Gasteiger partial charge < -0.3 is 10.1 Å². The predicted octanol–water partition coefficient (Wildman–Crippen LogP) is 0.685. The van der Waals surface area contributed by atoms with E-state index in [0.29, 0.717) is 12.6 Å². The molecule has 0 aromatic rings. The number of carbonyl (C=O) groups excluding carboxylic acids is 1. The molecule has 1 rings (SSSR count). The highest BCUT2D eigenvalue weighted by molar-refractivity contribution is 5.85. The monoisotopic (exact) mass is 258 g/mol. The van der Waals surface area contributed by atoms with Crippen molar-refractivity contribution in [2.24, 2.45) is 0 Å². The van der Waals surface area contributed by atoms with E-state index in [2.05, 4.69) is 24.1 Å². The molecule has 1 heterocycles. The van der Waals surface area contributed by atoms with Gasteiger partial charge in [0.05, 0.1) is 7.11 Å². The zero-order chi connectivity index (χ0) is 9.84. The van der Waals surface area contributed by atoms with E-state index in [9.17, 15) is 4.79 Å². The maximum Gasteiger partial charge on any atom is 0.324 e. The molecule has 1 aliphatic rings. The summed E-state index contributed by atoms with van der Waals surface area (Å²) in [4.78, 5) is 13.5. The molecule has 0 aromatic heterocycles. The number of carbonyl (C=O) groups is 1. The first-order valence-electron chi connectivity index (χ1n) is 4.71. The van der Waals surface area contributed by atoms with Gasteiger partial charge in [0, 0.05) is 25.7 Å². The zero-order valence-electron chi connectivity index (χ0n) is 9.36. The minimum Gasteiger partial charge on any atom is -0.468 e. The highest BCUT2D eigenvalue weighted by Gasteiger charge is 2.30. The van der Waals surface area contributed by atoms with Gasteiger partial charge in [-0.3, -0.25) is 9.69 Å². The average molecular weight is 259 g/mol. The Kier molecular flexibility index (Phi) is 9.45. The molecule has 1 atom stereocenters. The number of methoxy groups -OCH3 is 1. The molecule has 4 nitrogen and oxygen atoms in total. The van der Waals surface area contributed by atoms with Crippen LogP contribution < -0.4 is 5.32 Å². The fourth-order valence-electron chi connectivity index (χ4n) is 1.69. The Bertz CT molecular complexity index is 191. The van der Waals surface area contributed by atoms with Gasteiger partial charge in [0.25, 0.3) is 0 Å². The van der Waals surface area contributed by atoms with Crippen molar-refractivity contribution in [2.45, 2.75) is 25.9 Å². The lowest BCUT2D eigenvalue weighted by molar-refractivity contribution is -0.148. The molecule has 0 bridgehead atoms. The van der Waals surface area contributed by atoms with Gasteiger partial charge in [0.15, 0.2) is 0 Å². The second-order valence-corrected chi connectivity index (χ2v) is 3.57. The molecule has 0 radical (unpaired) electrons. The standard InChI is InChI=1S/C9H18N2O2.2ClH/c1-7(2)11-5-4-10-6-8(11)9(12)13-3;;/h7-8,10H,4-6H2,1-3H3;2*1H. The SMILES string of the molecule is COC(=O)C1CNCCN1C(C)C.Cl.Cl. The fourth-order valence-corrected chi connectivity index (χ4v) is 1.69. The lowest BCUT2D eigenvalue weighted by Crippen LogP contribution is -2.57. The lowest BCUT2D eigenvalue weighted by atomic mass is 10.1. The number of halogens is 2. The summed E-state index contributed by atoms with van der Waals surface area (Å²) in [5.41, 5.74) is 0. The van der Waals surface area contributed by atoms with Crippen LogP contribution in [0.2, 0.25) is 0 Å². The second-order valence-electron chi connectivity index (χ2n) is 3.57. The van der Waals surface area contributed by atoms with E-state index in [-0.39, 0.29) is 36.8 Å². The molecule has 92 valence electrons. The van der Waals surface area contributed by atoms with Gasteiger partial charge in [0.2, 0.25) is 0 Å². The number of piperazine rings is 1. The van der Waals surface area contributed by atoms with E-state index in [1.165, 1.54) is 7.11 Å². The number of nitrogens with zero attached hydrogens (tertiary/aromatic N) is 1. The van der Waals surface area contributed by atoms with Crippen molar-refractivity contribution in [3.05, 3.63) is 0 Å². The third-order valence-corrected chi connectivity index (χ3v) is 2.42. The van der Waals surface area contributed by atoms with Crippen LogP contribution in [0.1, 0.15) is 13.8 Å². The van der Waals surface area contributed by atoms with Crippen LogP contribution in [0.4, 0.5) is 0 Å². The number of esters is 1. The Morgan fingerprint density at radius 2 is 2.07 bits per heavy atom. The van der Waals surface area contributed by atoms with Crippen LogP contribution >= 0.6 is 24.8 Å². The van der Waals surface area contributed by atoms with Crippen molar-refractivity contribution >= 4 is 30.8 Å². The van der Waals surface area contributed by atoms with Crippen LogP contribution in [0.5, 0.6) is 0 Å². The fraction of sp³-hybridized carbons (Fsp3) is 0.889. The maximum atomic E-state index is 11.4. The van der Waals surface area contributed by atoms with Gasteiger partial charge in [-0.2, -0.15) is 0 Å². The van der Waals surface area contributed by atoms with Crippen molar-refractivity contribution in [1.82, 2.24) is 10.2 Å². The van der Waals surface area contributed by atoms with E-state index in [4.69, 9.17) is 4.74 Å². The molecule has 0 aliphatic carbocycles. The Morgan fingerprint density at radius 1 is 1.47 bits per heavy atom. The molecule has 0 saturated carbocycles. The van der Waals surface area contributed by atoms with Gasteiger partial charge >= 0.3 is 5.97 Å². The normalized spacial score (nSPS) is 21.5. The van der Waals surface area contributed by atoms with Gasteiger partial charge in [0.1, 0.15) is 6.04 Å². The Balaban J connectivity index is 0. The van der Waals surface area contributed by atoms with Crippen molar-refractivity contribution in [1.29, 1.82) is 0 Å². The molecule has 0 spiro atoms. The molecule has 1 N–H and O–H groups in total. The summed E-state index contributed by atoms with van der Waals surface area (Å²) in [6.45, 7) is 6.76. The third-order valence-electron chi connectivity index (χ3n) is 2.42. The van der Waals surface area contributed by atoms with Gasteiger partial charge in [-0.25, -0.2) is 0 Å². The lowest BCUT2D eigenvalue weighted by Gasteiger charge is -2.36. The second kappa shape index (κ2) is 8.16. The first kappa shape index (κ1) is 17.4. The average Bonchev–Trinajstić information content (AvgIpc) is 2.16. The summed E-state index contributed by atoms with van der Waals surface area (Å²) in [6.07, 6.45) is 0. The number of hydrogen-bond donors (Lipinski definition) is 1. The zero-order valence-corrected chi connectivity index (χ0v) is 11.0. The molecule has 0 aromatic carbocycles. The van der Waals surface area contributed by atoms with Crippen molar-refractivity contribution in [2.75, 3.05) is 26.7 Å². The molecule has 6 heteroatoms. The molecular formula is C9H20Cl2N2O2. The smallest absolute Gasteiger partial charge is 0.324 e. The maximum absolute atomic E-state index is 11.4. The topological polar surface area (TPSA) is 41.6 Å². The van der Waals surface area contributed by atoms with Gasteiger partial charge in [-0.05, 0) is 13.8 Å².